The largest absolute Gasteiger partial charge is 0.481 e. The van der Waals surface area contributed by atoms with Gasteiger partial charge < -0.3 is 14.8 Å². The second-order valence-corrected chi connectivity index (χ2v) is 5.44. The Bertz CT molecular complexity index is 397. The molecule has 1 aliphatic carbocycles. The fourth-order valence-electron chi connectivity index (χ4n) is 2.95. The molecule has 1 fully saturated rings. The summed E-state index contributed by atoms with van der Waals surface area (Å²) in [4.78, 5) is 8.29. The van der Waals surface area contributed by atoms with Crippen LogP contribution in [0.1, 0.15) is 44.6 Å². The first-order chi connectivity index (χ1) is 9.76. The molecule has 0 saturated heterocycles. The van der Waals surface area contributed by atoms with E-state index in [1.807, 2.05) is 0 Å². The first-order valence-electron chi connectivity index (χ1n) is 7.41. The zero-order valence-electron chi connectivity index (χ0n) is 12.7. The van der Waals surface area contributed by atoms with Gasteiger partial charge in [-0.25, -0.2) is 9.97 Å². The fourth-order valence-corrected chi connectivity index (χ4v) is 2.95. The van der Waals surface area contributed by atoms with Gasteiger partial charge in [0, 0.05) is 12.6 Å². The van der Waals surface area contributed by atoms with Gasteiger partial charge in [0.05, 0.1) is 19.8 Å². The lowest BCUT2D eigenvalue weighted by molar-refractivity contribution is 0.277. The fraction of sp³-hybridized carbons (Fsp3) is 0.733. The van der Waals surface area contributed by atoms with E-state index in [1.54, 1.807) is 14.2 Å². The third-order valence-electron chi connectivity index (χ3n) is 4.21. The summed E-state index contributed by atoms with van der Waals surface area (Å²) in [6.07, 6.45) is 8.22. The van der Waals surface area contributed by atoms with Crippen LogP contribution in [0.2, 0.25) is 0 Å². The monoisotopic (exact) mass is 279 g/mol. The van der Waals surface area contributed by atoms with E-state index < -0.39 is 0 Å². The lowest BCUT2D eigenvalue weighted by Gasteiger charge is -2.28. The average molecular weight is 279 g/mol. The highest BCUT2D eigenvalue weighted by Gasteiger charge is 2.21. The SMILES string of the molecule is COc1ncnc(OC)c1CN[C@@H](C)C1CCCCC1. The lowest BCUT2D eigenvalue weighted by atomic mass is 9.84. The van der Waals surface area contributed by atoms with Crippen molar-refractivity contribution in [2.45, 2.75) is 51.6 Å². The van der Waals surface area contributed by atoms with Crippen molar-refractivity contribution in [1.29, 1.82) is 0 Å². The molecular formula is C15H25N3O2. The Morgan fingerprint density at radius 2 is 1.75 bits per heavy atom. The number of nitrogens with zero attached hydrogens (tertiary/aromatic N) is 2. The van der Waals surface area contributed by atoms with Crippen LogP contribution in [0.15, 0.2) is 6.33 Å². The Labute approximate surface area is 121 Å². The number of methoxy groups -OCH3 is 2. The third kappa shape index (κ3) is 3.60. The maximum atomic E-state index is 5.29. The van der Waals surface area contributed by atoms with Crippen molar-refractivity contribution in [1.82, 2.24) is 15.3 Å². The second-order valence-electron chi connectivity index (χ2n) is 5.44. The summed E-state index contributed by atoms with van der Waals surface area (Å²) in [6.45, 7) is 2.93. The van der Waals surface area contributed by atoms with Crippen LogP contribution >= 0.6 is 0 Å². The van der Waals surface area contributed by atoms with E-state index in [4.69, 9.17) is 9.47 Å². The Hall–Kier alpha value is -1.36. The molecule has 5 heteroatoms. The minimum Gasteiger partial charge on any atom is -0.481 e. The van der Waals surface area contributed by atoms with Crippen LogP contribution in [0.4, 0.5) is 0 Å². The van der Waals surface area contributed by atoms with Gasteiger partial charge in [-0.15, -0.1) is 0 Å². The van der Waals surface area contributed by atoms with Crippen molar-refractivity contribution in [3.8, 4) is 11.8 Å². The molecule has 1 aromatic heterocycles. The van der Waals surface area contributed by atoms with Gasteiger partial charge in [-0.3, -0.25) is 0 Å². The molecule has 5 nitrogen and oxygen atoms in total. The normalized spacial score (nSPS) is 17.8. The summed E-state index contributed by atoms with van der Waals surface area (Å²) >= 11 is 0. The van der Waals surface area contributed by atoms with E-state index >= 15 is 0 Å². The van der Waals surface area contributed by atoms with Crippen molar-refractivity contribution in [2.75, 3.05) is 14.2 Å². The molecule has 1 saturated carbocycles. The van der Waals surface area contributed by atoms with Crippen LogP contribution in [-0.2, 0) is 6.54 Å². The Morgan fingerprint density at radius 1 is 1.15 bits per heavy atom. The van der Waals surface area contributed by atoms with Crippen molar-refractivity contribution in [3.05, 3.63) is 11.9 Å². The Balaban J connectivity index is 1.98. The zero-order chi connectivity index (χ0) is 14.4. The molecule has 1 atom stereocenters. The maximum absolute atomic E-state index is 5.29. The molecule has 0 spiro atoms. The highest BCUT2D eigenvalue weighted by Crippen LogP contribution is 2.28. The Morgan fingerprint density at radius 3 is 2.30 bits per heavy atom. The highest BCUT2D eigenvalue weighted by atomic mass is 16.5. The van der Waals surface area contributed by atoms with E-state index in [9.17, 15) is 0 Å². The van der Waals surface area contributed by atoms with Gasteiger partial charge in [0.15, 0.2) is 0 Å². The zero-order valence-corrected chi connectivity index (χ0v) is 12.7. The van der Waals surface area contributed by atoms with Crippen molar-refractivity contribution in [2.24, 2.45) is 5.92 Å². The molecule has 112 valence electrons. The minimum absolute atomic E-state index is 0.491. The number of aromatic nitrogens is 2. The molecule has 0 aliphatic heterocycles. The summed E-state index contributed by atoms with van der Waals surface area (Å²) < 4.78 is 10.6. The molecule has 1 aromatic rings. The molecule has 0 unspecified atom stereocenters. The van der Waals surface area contributed by atoms with Gasteiger partial charge in [0.25, 0.3) is 0 Å². The predicted octanol–water partition coefficient (Wildman–Crippen LogP) is 2.55. The van der Waals surface area contributed by atoms with Crippen molar-refractivity contribution >= 4 is 0 Å². The van der Waals surface area contributed by atoms with E-state index in [0.717, 1.165) is 11.5 Å². The van der Waals surface area contributed by atoms with E-state index in [1.165, 1.54) is 38.4 Å². The number of hydrogen-bond donors (Lipinski definition) is 1. The smallest absolute Gasteiger partial charge is 0.224 e. The predicted molar refractivity (Wildman–Crippen MR) is 78.0 cm³/mol. The van der Waals surface area contributed by atoms with Gasteiger partial charge >= 0.3 is 0 Å². The molecule has 1 heterocycles. The van der Waals surface area contributed by atoms with E-state index in [-0.39, 0.29) is 0 Å². The van der Waals surface area contributed by atoms with Crippen LogP contribution in [0.5, 0.6) is 11.8 Å². The topological polar surface area (TPSA) is 56.3 Å². The lowest BCUT2D eigenvalue weighted by Crippen LogP contribution is -2.34. The quantitative estimate of drug-likeness (QED) is 0.867. The maximum Gasteiger partial charge on any atom is 0.224 e. The second kappa shape index (κ2) is 7.43. The molecule has 0 radical (unpaired) electrons. The summed E-state index contributed by atoms with van der Waals surface area (Å²) in [5.74, 6) is 1.94. The molecule has 1 N–H and O–H groups in total. The van der Waals surface area contributed by atoms with Gasteiger partial charge in [0.1, 0.15) is 6.33 Å². The molecule has 2 rings (SSSR count). The van der Waals surface area contributed by atoms with Crippen LogP contribution in [0, 0.1) is 5.92 Å². The van der Waals surface area contributed by atoms with Crippen molar-refractivity contribution in [3.63, 3.8) is 0 Å². The number of hydrogen-bond acceptors (Lipinski definition) is 5. The summed E-state index contributed by atoms with van der Waals surface area (Å²) in [7, 11) is 3.24. The Kier molecular flexibility index (Phi) is 5.59. The number of ether oxygens (including phenoxy) is 2. The van der Waals surface area contributed by atoms with Gasteiger partial charge in [-0.2, -0.15) is 0 Å². The van der Waals surface area contributed by atoms with Gasteiger partial charge in [0.2, 0.25) is 11.8 Å². The average Bonchev–Trinajstić information content (AvgIpc) is 2.52. The van der Waals surface area contributed by atoms with E-state index in [2.05, 4.69) is 22.2 Å². The van der Waals surface area contributed by atoms with Crippen LogP contribution in [0.3, 0.4) is 0 Å². The molecule has 20 heavy (non-hydrogen) atoms. The van der Waals surface area contributed by atoms with Crippen LogP contribution < -0.4 is 14.8 Å². The van der Waals surface area contributed by atoms with Gasteiger partial charge in [-0.1, -0.05) is 19.3 Å². The standard InChI is InChI=1S/C15H25N3O2/c1-11(12-7-5-4-6-8-12)16-9-13-14(19-2)17-10-18-15(13)20-3/h10-12,16H,4-9H2,1-3H3/t11-/m0/s1. The first kappa shape index (κ1) is 15.0. The first-order valence-corrected chi connectivity index (χ1v) is 7.41. The number of rotatable bonds is 6. The third-order valence-corrected chi connectivity index (χ3v) is 4.21. The highest BCUT2D eigenvalue weighted by molar-refractivity contribution is 5.34. The summed E-state index contributed by atoms with van der Waals surface area (Å²) in [5.41, 5.74) is 0.889. The summed E-state index contributed by atoms with van der Waals surface area (Å²) in [5, 5.41) is 3.58. The van der Waals surface area contributed by atoms with Crippen LogP contribution in [-0.4, -0.2) is 30.2 Å². The minimum atomic E-state index is 0.491. The molecule has 1 aliphatic rings. The number of nitrogens with one attached hydrogen (secondary N) is 1. The van der Waals surface area contributed by atoms with E-state index in [0.29, 0.717) is 24.3 Å². The van der Waals surface area contributed by atoms with Crippen molar-refractivity contribution < 1.29 is 9.47 Å². The van der Waals surface area contributed by atoms with Crippen LogP contribution in [0.25, 0.3) is 0 Å². The molecular weight excluding hydrogens is 254 g/mol. The van der Waals surface area contributed by atoms with Gasteiger partial charge in [-0.05, 0) is 25.7 Å². The summed E-state index contributed by atoms with van der Waals surface area (Å²) in [6, 6.07) is 0.491. The molecule has 0 bridgehead atoms. The molecule has 0 aromatic carbocycles. The molecule has 0 amide bonds.